The van der Waals surface area contributed by atoms with Crippen molar-refractivity contribution in [2.24, 2.45) is 0 Å². The van der Waals surface area contributed by atoms with Crippen LogP contribution in [0.5, 0.6) is 0 Å². The van der Waals surface area contributed by atoms with Crippen molar-refractivity contribution in [3.63, 3.8) is 0 Å². The average molecular weight is 386 g/mol. The van der Waals surface area contributed by atoms with Crippen molar-refractivity contribution in [3.8, 4) is 6.07 Å². The first-order valence-corrected chi connectivity index (χ1v) is 9.23. The van der Waals surface area contributed by atoms with Crippen molar-refractivity contribution >= 4 is 22.4 Å². The van der Waals surface area contributed by atoms with Crippen LogP contribution in [-0.4, -0.2) is 9.78 Å². The van der Waals surface area contributed by atoms with E-state index in [1.807, 2.05) is 72.8 Å². The zero-order chi connectivity index (χ0) is 19.5. The lowest BCUT2D eigenvalue weighted by Gasteiger charge is -2.14. The number of benzene rings is 3. The van der Waals surface area contributed by atoms with E-state index in [9.17, 15) is 10.1 Å². The normalized spacial score (nSPS) is 11.9. The summed E-state index contributed by atoms with van der Waals surface area (Å²) in [5.74, 6) is -0.747. The van der Waals surface area contributed by atoms with Crippen molar-refractivity contribution in [1.82, 2.24) is 9.78 Å². The smallest absolute Gasteiger partial charge is 0.267 e. The third kappa shape index (κ3) is 3.28. The van der Waals surface area contributed by atoms with Crippen LogP contribution >= 0.6 is 11.6 Å². The number of nitriles is 1. The molecule has 136 valence electrons. The van der Waals surface area contributed by atoms with E-state index < -0.39 is 5.92 Å². The minimum atomic E-state index is -0.747. The van der Waals surface area contributed by atoms with Gasteiger partial charge in [-0.05, 0) is 21.9 Å². The molecular weight excluding hydrogens is 370 g/mol. The van der Waals surface area contributed by atoms with Gasteiger partial charge in [-0.3, -0.25) is 4.79 Å². The molecule has 5 heteroatoms. The summed E-state index contributed by atoms with van der Waals surface area (Å²) in [5.41, 5.74) is 1.61. The van der Waals surface area contributed by atoms with E-state index in [0.29, 0.717) is 6.54 Å². The summed E-state index contributed by atoms with van der Waals surface area (Å²) in [7, 11) is 0. The van der Waals surface area contributed by atoms with E-state index in [1.165, 1.54) is 10.9 Å². The Balaban J connectivity index is 1.81. The quantitative estimate of drug-likeness (QED) is 0.509. The van der Waals surface area contributed by atoms with Gasteiger partial charge in [0.1, 0.15) is 5.92 Å². The summed E-state index contributed by atoms with van der Waals surface area (Å²) < 4.78 is 1.37. The molecule has 4 rings (SSSR count). The molecule has 0 bridgehead atoms. The lowest BCUT2D eigenvalue weighted by Crippen LogP contribution is -2.28. The van der Waals surface area contributed by atoms with Crippen LogP contribution in [0.1, 0.15) is 22.6 Å². The van der Waals surface area contributed by atoms with Gasteiger partial charge in [0.2, 0.25) is 0 Å². The van der Waals surface area contributed by atoms with E-state index in [-0.39, 0.29) is 16.1 Å². The monoisotopic (exact) mass is 385 g/mol. The molecule has 0 aliphatic rings. The van der Waals surface area contributed by atoms with Gasteiger partial charge >= 0.3 is 0 Å². The number of hydrogen-bond acceptors (Lipinski definition) is 3. The van der Waals surface area contributed by atoms with Gasteiger partial charge in [-0.25, -0.2) is 4.68 Å². The van der Waals surface area contributed by atoms with Gasteiger partial charge in [-0.2, -0.15) is 10.4 Å². The van der Waals surface area contributed by atoms with Gasteiger partial charge in [0.25, 0.3) is 5.56 Å². The highest BCUT2D eigenvalue weighted by molar-refractivity contribution is 6.31. The van der Waals surface area contributed by atoms with E-state index in [0.717, 1.165) is 21.9 Å². The van der Waals surface area contributed by atoms with Crippen LogP contribution in [0, 0.1) is 11.3 Å². The molecule has 0 saturated carbocycles. The lowest BCUT2D eigenvalue weighted by molar-refractivity contribution is 0.631. The average Bonchev–Trinajstić information content (AvgIpc) is 2.74. The number of aromatic nitrogens is 2. The first kappa shape index (κ1) is 18.0. The highest BCUT2D eigenvalue weighted by atomic mass is 35.5. The Morgan fingerprint density at radius 1 is 1.00 bits per heavy atom. The minimum Gasteiger partial charge on any atom is -0.267 e. The molecule has 0 aliphatic carbocycles. The number of fused-ring (bicyclic) bond motifs is 1. The Bertz CT molecular complexity index is 1240. The summed E-state index contributed by atoms with van der Waals surface area (Å²) in [6.45, 7) is 0.303. The molecule has 0 saturated heterocycles. The van der Waals surface area contributed by atoms with Crippen molar-refractivity contribution in [2.45, 2.75) is 12.5 Å². The van der Waals surface area contributed by atoms with Crippen LogP contribution in [-0.2, 0) is 6.54 Å². The number of halogens is 1. The van der Waals surface area contributed by atoms with Crippen molar-refractivity contribution < 1.29 is 0 Å². The first-order valence-electron chi connectivity index (χ1n) is 8.86. The standard InChI is InChI=1S/C23H16ClN3O/c24-21-14-26-27(15-18-11-6-10-16-9-4-5-12-19(16)18)23(28)22(21)20(13-25)17-7-2-1-3-8-17/h1-12,14,20H,15H2. The van der Waals surface area contributed by atoms with E-state index in [4.69, 9.17) is 11.6 Å². The third-order valence-corrected chi connectivity index (χ3v) is 5.08. The zero-order valence-electron chi connectivity index (χ0n) is 14.9. The molecule has 0 aliphatic heterocycles. The molecule has 28 heavy (non-hydrogen) atoms. The number of nitrogens with zero attached hydrogens (tertiary/aromatic N) is 3. The summed E-state index contributed by atoms with van der Waals surface area (Å²) in [5, 5.41) is 16.3. The first-order chi connectivity index (χ1) is 13.7. The second-order valence-electron chi connectivity index (χ2n) is 6.48. The summed E-state index contributed by atoms with van der Waals surface area (Å²) >= 11 is 6.30. The molecule has 0 fully saturated rings. The third-order valence-electron chi connectivity index (χ3n) is 4.78. The molecule has 0 spiro atoms. The lowest BCUT2D eigenvalue weighted by atomic mass is 9.94. The molecule has 0 N–H and O–H groups in total. The Kier molecular flexibility index (Phi) is 4.92. The molecule has 1 unspecified atom stereocenters. The molecule has 3 aromatic carbocycles. The fraction of sp³-hybridized carbons (Fsp3) is 0.0870. The molecule has 4 nitrogen and oxygen atoms in total. The summed E-state index contributed by atoms with van der Waals surface area (Å²) in [6, 6.07) is 25.4. The Morgan fingerprint density at radius 3 is 2.50 bits per heavy atom. The topological polar surface area (TPSA) is 58.7 Å². The molecule has 0 amide bonds. The van der Waals surface area contributed by atoms with Crippen LogP contribution < -0.4 is 5.56 Å². The fourth-order valence-corrected chi connectivity index (χ4v) is 3.63. The van der Waals surface area contributed by atoms with Gasteiger partial charge in [-0.15, -0.1) is 0 Å². The van der Waals surface area contributed by atoms with Crippen molar-refractivity contribution in [3.05, 3.63) is 111 Å². The minimum absolute atomic E-state index is 0.203. The maximum absolute atomic E-state index is 13.2. The fourth-order valence-electron chi connectivity index (χ4n) is 3.40. The Morgan fingerprint density at radius 2 is 1.71 bits per heavy atom. The van der Waals surface area contributed by atoms with E-state index in [1.54, 1.807) is 0 Å². The highest BCUT2D eigenvalue weighted by Crippen LogP contribution is 2.27. The predicted molar refractivity (Wildman–Crippen MR) is 110 cm³/mol. The summed E-state index contributed by atoms with van der Waals surface area (Å²) in [6.07, 6.45) is 1.44. The second kappa shape index (κ2) is 7.67. The van der Waals surface area contributed by atoms with Crippen molar-refractivity contribution in [2.75, 3.05) is 0 Å². The largest absolute Gasteiger partial charge is 0.273 e. The van der Waals surface area contributed by atoms with Gasteiger partial charge in [0, 0.05) is 0 Å². The van der Waals surface area contributed by atoms with E-state index in [2.05, 4.69) is 11.2 Å². The second-order valence-corrected chi connectivity index (χ2v) is 6.89. The molecular formula is C23H16ClN3O. The molecule has 0 radical (unpaired) electrons. The van der Waals surface area contributed by atoms with E-state index >= 15 is 0 Å². The Labute approximate surface area is 167 Å². The van der Waals surface area contributed by atoms with Gasteiger partial charge in [-0.1, -0.05) is 84.4 Å². The molecule has 1 aromatic heterocycles. The van der Waals surface area contributed by atoms with Crippen LogP contribution in [0.3, 0.4) is 0 Å². The SMILES string of the molecule is N#CC(c1ccccc1)c1c(Cl)cnn(Cc2cccc3ccccc23)c1=O. The maximum atomic E-state index is 13.2. The predicted octanol–water partition coefficient (Wildman–Crippen LogP) is 4.75. The number of hydrogen-bond donors (Lipinski definition) is 0. The van der Waals surface area contributed by atoms with Gasteiger partial charge in [0.05, 0.1) is 29.4 Å². The van der Waals surface area contributed by atoms with Crippen molar-refractivity contribution in [1.29, 1.82) is 5.26 Å². The summed E-state index contributed by atoms with van der Waals surface area (Å²) in [4.78, 5) is 13.2. The number of rotatable bonds is 4. The maximum Gasteiger partial charge on any atom is 0.273 e. The van der Waals surface area contributed by atoms with Crippen LogP contribution in [0.2, 0.25) is 5.02 Å². The van der Waals surface area contributed by atoms with Gasteiger partial charge in [0.15, 0.2) is 0 Å². The van der Waals surface area contributed by atoms with Gasteiger partial charge < -0.3 is 0 Å². The highest BCUT2D eigenvalue weighted by Gasteiger charge is 2.22. The molecule has 4 aromatic rings. The molecule has 1 heterocycles. The van der Waals surface area contributed by atoms with Crippen LogP contribution in [0.4, 0.5) is 0 Å². The van der Waals surface area contributed by atoms with Crippen LogP contribution in [0.25, 0.3) is 10.8 Å². The molecule has 1 atom stereocenters. The Hall–Kier alpha value is -3.42. The zero-order valence-corrected chi connectivity index (χ0v) is 15.7. The van der Waals surface area contributed by atoms with Crippen LogP contribution in [0.15, 0.2) is 83.8 Å².